The molecule has 0 fully saturated rings. The highest BCUT2D eigenvalue weighted by Gasteiger charge is 2.32. The normalized spacial score (nSPS) is 12.9. The molecular weight excluding hydrogens is 353 g/mol. The molecule has 0 aliphatic carbocycles. The van der Waals surface area contributed by atoms with Crippen LogP contribution in [0.15, 0.2) is 34.6 Å². The van der Waals surface area contributed by atoms with Gasteiger partial charge >= 0.3 is 6.18 Å². The maximum atomic E-state index is 12.7. The van der Waals surface area contributed by atoms with E-state index < -0.39 is 34.8 Å². The summed E-state index contributed by atoms with van der Waals surface area (Å²) in [5.41, 5.74) is -1.93. The SMILES string of the molecule is C[C@H](NC(=O)Cn1cc(C(F)(F)F)cc(Cl)c1=O)c1cccs1. The van der Waals surface area contributed by atoms with Gasteiger partial charge in [-0.3, -0.25) is 9.59 Å². The number of rotatable bonds is 4. The fraction of sp³-hybridized carbons (Fsp3) is 0.286. The number of halogens is 4. The lowest BCUT2D eigenvalue weighted by Crippen LogP contribution is -2.34. The highest BCUT2D eigenvalue weighted by molar-refractivity contribution is 7.10. The summed E-state index contributed by atoms with van der Waals surface area (Å²) in [7, 11) is 0. The molecule has 9 heteroatoms. The van der Waals surface area contributed by atoms with Crippen molar-refractivity contribution in [2.75, 3.05) is 0 Å². The molecule has 0 saturated carbocycles. The average molecular weight is 365 g/mol. The molecule has 1 N–H and O–H groups in total. The molecule has 2 aromatic heterocycles. The molecule has 124 valence electrons. The maximum Gasteiger partial charge on any atom is 0.417 e. The van der Waals surface area contributed by atoms with Gasteiger partial charge in [0.1, 0.15) is 11.6 Å². The van der Waals surface area contributed by atoms with Crippen LogP contribution in [-0.4, -0.2) is 10.5 Å². The Morgan fingerprint density at radius 3 is 2.74 bits per heavy atom. The lowest BCUT2D eigenvalue weighted by atomic mass is 10.2. The standard InChI is InChI=1S/C14H12ClF3N2O2S/c1-8(11-3-2-4-23-11)19-12(21)7-20-6-9(14(16,17)18)5-10(15)13(20)22/h2-6,8H,7H2,1H3,(H,19,21)/t8-/m0/s1. The highest BCUT2D eigenvalue weighted by atomic mass is 35.5. The Morgan fingerprint density at radius 2 is 2.17 bits per heavy atom. The number of aromatic nitrogens is 1. The third kappa shape index (κ3) is 4.35. The fourth-order valence-electron chi connectivity index (χ4n) is 1.92. The van der Waals surface area contributed by atoms with Gasteiger partial charge in [-0.2, -0.15) is 13.2 Å². The van der Waals surface area contributed by atoms with Crippen molar-refractivity contribution in [2.45, 2.75) is 25.7 Å². The summed E-state index contributed by atoms with van der Waals surface area (Å²) in [6, 6.07) is 3.88. The maximum absolute atomic E-state index is 12.7. The van der Waals surface area contributed by atoms with Crippen LogP contribution in [0, 0.1) is 0 Å². The summed E-state index contributed by atoms with van der Waals surface area (Å²) in [6.07, 6.45) is -4.07. The van der Waals surface area contributed by atoms with Crippen LogP contribution in [0.2, 0.25) is 5.02 Å². The predicted molar refractivity (Wildman–Crippen MR) is 81.6 cm³/mol. The number of carbonyl (C=O) groups excluding carboxylic acids is 1. The molecular formula is C14H12ClF3N2O2S. The van der Waals surface area contributed by atoms with Crippen molar-refractivity contribution in [2.24, 2.45) is 0 Å². The van der Waals surface area contributed by atoms with Gasteiger partial charge in [-0.25, -0.2) is 0 Å². The van der Waals surface area contributed by atoms with Crippen molar-refractivity contribution in [1.82, 2.24) is 9.88 Å². The number of alkyl halides is 3. The molecule has 0 aliphatic heterocycles. The van der Waals surface area contributed by atoms with Gasteiger partial charge in [-0.05, 0) is 24.4 Å². The third-order valence-electron chi connectivity index (χ3n) is 3.03. The zero-order valence-electron chi connectivity index (χ0n) is 11.9. The number of hydrogen-bond donors (Lipinski definition) is 1. The van der Waals surface area contributed by atoms with Gasteiger partial charge in [0.05, 0.1) is 11.6 Å². The zero-order valence-corrected chi connectivity index (χ0v) is 13.4. The van der Waals surface area contributed by atoms with E-state index in [1.54, 1.807) is 6.92 Å². The first-order valence-corrected chi connectivity index (χ1v) is 7.74. The Hall–Kier alpha value is -1.80. The number of thiophene rings is 1. The predicted octanol–water partition coefficient (Wildman–Crippen LogP) is 3.46. The van der Waals surface area contributed by atoms with Crippen LogP contribution in [-0.2, 0) is 17.5 Å². The number of amides is 1. The van der Waals surface area contributed by atoms with Gasteiger partial charge < -0.3 is 9.88 Å². The Labute approximate surface area is 138 Å². The Bertz CT molecular complexity index is 756. The molecule has 0 unspecified atom stereocenters. The van der Waals surface area contributed by atoms with Gasteiger partial charge in [0.25, 0.3) is 5.56 Å². The van der Waals surface area contributed by atoms with Gasteiger partial charge in [0.2, 0.25) is 5.91 Å². The van der Waals surface area contributed by atoms with E-state index in [1.165, 1.54) is 11.3 Å². The topological polar surface area (TPSA) is 51.1 Å². The molecule has 1 atom stereocenters. The second-order valence-electron chi connectivity index (χ2n) is 4.81. The summed E-state index contributed by atoms with van der Waals surface area (Å²) < 4.78 is 38.9. The van der Waals surface area contributed by atoms with E-state index in [9.17, 15) is 22.8 Å². The van der Waals surface area contributed by atoms with Crippen LogP contribution in [0.3, 0.4) is 0 Å². The Morgan fingerprint density at radius 1 is 1.48 bits per heavy atom. The lowest BCUT2D eigenvalue weighted by Gasteiger charge is -2.14. The van der Waals surface area contributed by atoms with Crippen molar-refractivity contribution in [3.63, 3.8) is 0 Å². The lowest BCUT2D eigenvalue weighted by molar-refractivity contribution is -0.138. The van der Waals surface area contributed by atoms with E-state index in [2.05, 4.69) is 5.32 Å². The monoisotopic (exact) mass is 364 g/mol. The van der Waals surface area contributed by atoms with E-state index in [0.29, 0.717) is 16.8 Å². The average Bonchev–Trinajstić information content (AvgIpc) is 2.96. The molecule has 2 heterocycles. The number of hydrogen-bond acceptors (Lipinski definition) is 3. The van der Waals surface area contributed by atoms with Crippen molar-refractivity contribution in [3.05, 3.63) is 55.6 Å². The van der Waals surface area contributed by atoms with Crippen LogP contribution in [0.5, 0.6) is 0 Å². The first kappa shape index (κ1) is 17.6. The van der Waals surface area contributed by atoms with Gasteiger partial charge in [-0.1, -0.05) is 17.7 Å². The number of nitrogens with zero attached hydrogens (tertiary/aromatic N) is 1. The molecule has 1 amide bonds. The van der Waals surface area contributed by atoms with Gasteiger partial charge in [-0.15, -0.1) is 11.3 Å². The number of pyridine rings is 1. The van der Waals surface area contributed by atoms with Crippen LogP contribution < -0.4 is 10.9 Å². The second kappa shape index (κ2) is 6.76. The summed E-state index contributed by atoms with van der Waals surface area (Å²) in [5.74, 6) is -0.580. The van der Waals surface area contributed by atoms with E-state index >= 15 is 0 Å². The van der Waals surface area contributed by atoms with E-state index in [4.69, 9.17) is 11.6 Å². The molecule has 0 radical (unpaired) electrons. The summed E-state index contributed by atoms with van der Waals surface area (Å²) >= 11 is 6.97. The Kier molecular flexibility index (Phi) is 5.16. The number of nitrogens with one attached hydrogen (secondary N) is 1. The number of carbonyl (C=O) groups is 1. The highest BCUT2D eigenvalue weighted by Crippen LogP contribution is 2.29. The summed E-state index contributed by atoms with van der Waals surface area (Å²) in [6.45, 7) is 1.20. The Balaban J connectivity index is 2.17. The van der Waals surface area contributed by atoms with Gasteiger partial charge in [0, 0.05) is 11.1 Å². The minimum absolute atomic E-state index is 0.306. The van der Waals surface area contributed by atoms with Crippen LogP contribution in [0.25, 0.3) is 0 Å². The van der Waals surface area contributed by atoms with E-state index in [1.807, 2.05) is 17.5 Å². The minimum atomic E-state index is -4.65. The van der Waals surface area contributed by atoms with E-state index in [-0.39, 0.29) is 6.04 Å². The smallest absolute Gasteiger partial charge is 0.347 e. The van der Waals surface area contributed by atoms with Crippen molar-refractivity contribution < 1.29 is 18.0 Å². The van der Waals surface area contributed by atoms with Crippen molar-refractivity contribution in [3.8, 4) is 0 Å². The molecule has 23 heavy (non-hydrogen) atoms. The molecule has 2 rings (SSSR count). The zero-order chi connectivity index (χ0) is 17.2. The largest absolute Gasteiger partial charge is 0.417 e. The van der Waals surface area contributed by atoms with Crippen molar-refractivity contribution in [1.29, 1.82) is 0 Å². The first-order chi connectivity index (χ1) is 10.7. The molecule has 0 spiro atoms. The summed E-state index contributed by atoms with van der Waals surface area (Å²) in [5, 5.41) is 3.88. The van der Waals surface area contributed by atoms with Crippen LogP contribution >= 0.6 is 22.9 Å². The quantitative estimate of drug-likeness (QED) is 0.903. The van der Waals surface area contributed by atoms with Gasteiger partial charge in [0.15, 0.2) is 0 Å². The molecule has 0 bridgehead atoms. The minimum Gasteiger partial charge on any atom is -0.347 e. The summed E-state index contributed by atoms with van der Waals surface area (Å²) in [4.78, 5) is 24.6. The second-order valence-corrected chi connectivity index (χ2v) is 6.20. The van der Waals surface area contributed by atoms with Crippen LogP contribution in [0.4, 0.5) is 13.2 Å². The fourth-order valence-corrected chi connectivity index (χ4v) is 2.88. The molecule has 0 aliphatic rings. The molecule has 2 aromatic rings. The molecule has 4 nitrogen and oxygen atoms in total. The van der Waals surface area contributed by atoms with E-state index in [0.717, 1.165) is 4.88 Å². The third-order valence-corrected chi connectivity index (χ3v) is 4.36. The van der Waals surface area contributed by atoms with Crippen LogP contribution in [0.1, 0.15) is 23.4 Å². The molecule has 0 saturated heterocycles. The first-order valence-electron chi connectivity index (χ1n) is 6.48. The van der Waals surface area contributed by atoms with Crippen molar-refractivity contribution >= 4 is 28.8 Å². The molecule has 0 aromatic carbocycles.